The first kappa shape index (κ1) is 10.3. The lowest BCUT2D eigenvalue weighted by atomic mass is 10.3. The van der Waals surface area contributed by atoms with Crippen LogP contribution in [-0.4, -0.2) is 12.6 Å². The molecule has 1 rings (SSSR count). The van der Waals surface area contributed by atoms with Gasteiger partial charge in [-0.3, -0.25) is 0 Å². The van der Waals surface area contributed by atoms with Crippen molar-refractivity contribution in [2.45, 2.75) is 26.2 Å². The van der Waals surface area contributed by atoms with Gasteiger partial charge >= 0.3 is 5.97 Å². The topological polar surface area (TPSA) is 26.3 Å². The van der Waals surface area contributed by atoms with E-state index in [1.54, 1.807) is 6.07 Å². The van der Waals surface area contributed by atoms with Gasteiger partial charge in [0.15, 0.2) is 0 Å². The molecule has 3 heteroatoms. The zero-order valence-corrected chi connectivity index (χ0v) is 8.60. The van der Waals surface area contributed by atoms with Crippen molar-refractivity contribution in [2.24, 2.45) is 0 Å². The lowest BCUT2D eigenvalue weighted by Gasteiger charge is -2.01. The van der Waals surface area contributed by atoms with Crippen LogP contribution in [0.3, 0.4) is 0 Å². The van der Waals surface area contributed by atoms with Crippen molar-refractivity contribution in [1.82, 2.24) is 0 Å². The molecule has 0 fully saturated rings. The Morgan fingerprint density at radius 1 is 1.54 bits per heavy atom. The van der Waals surface area contributed by atoms with Crippen molar-refractivity contribution < 1.29 is 9.53 Å². The van der Waals surface area contributed by atoms with E-state index in [1.165, 1.54) is 11.3 Å². The van der Waals surface area contributed by atoms with Gasteiger partial charge in [-0.2, -0.15) is 11.3 Å². The molecule has 0 bridgehead atoms. The summed E-state index contributed by atoms with van der Waals surface area (Å²) in [4.78, 5) is 11.3. The SMILES string of the molecule is CCCCCOC(=O)c1ccsc1. The highest BCUT2D eigenvalue weighted by Crippen LogP contribution is 2.07. The van der Waals surface area contributed by atoms with E-state index in [1.807, 2.05) is 10.8 Å². The maximum atomic E-state index is 11.3. The summed E-state index contributed by atoms with van der Waals surface area (Å²) in [6.07, 6.45) is 3.24. The smallest absolute Gasteiger partial charge is 0.338 e. The first-order valence-electron chi connectivity index (χ1n) is 4.54. The van der Waals surface area contributed by atoms with Gasteiger partial charge in [0.2, 0.25) is 0 Å². The molecule has 0 N–H and O–H groups in total. The van der Waals surface area contributed by atoms with Crippen LogP contribution in [0.1, 0.15) is 36.5 Å². The zero-order chi connectivity index (χ0) is 9.52. The van der Waals surface area contributed by atoms with E-state index in [0.29, 0.717) is 12.2 Å². The minimum atomic E-state index is -0.197. The van der Waals surface area contributed by atoms with Crippen LogP contribution in [0.15, 0.2) is 16.8 Å². The van der Waals surface area contributed by atoms with E-state index in [0.717, 1.165) is 19.3 Å². The number of thiophene rings is 1. The number of ether oxygens (including phenoxy) is 1. The van der Waals surface area contributed by atoms with Crippen LogP contribution in [0.5, 0.6) is 0 Å². The summed E-state index contributed by atoms with van der Waals surface area (Å²) in [7, 11) is 0. The minimum absolute atomic E-state index is 0.197. The van der Waals surface area contributed by atoms with Crippen molar-refractivity contribution in [3.63, 3.8) is 0 Å². The number of rotatable bonds is 5. The highest BCUT2D eigenvalue weighted by atomic mass is 32.1. The summed E-state index contributed by atoms with van der Waals surface area (Å²) in [5.74, 6) is -0.197. The largest absolute Gasteiger partial charge is 0.462 e. The van der Waals surface area contributed by atoms with Crippen LogP contribution in [0.2, 0.25) is 0 Å². The summed E-state index contributed by atoms with van der Waals surface area (Å²) in [5, 5.41) is 3.69. The number of unbranched alkanes of at least 4 members (excludes halogenated alkanes) is 2. The highest BCUT2D eigenvalue weighted by Gasteiger charge is 2.05. The van der Waals surface area contributed by atoms with Gasteiger partial charge in [0.25, 0.3) is 0 Å². The molecular weight excluding hydrogens is 184 g/mol. The normalized spacial score (nSPS) is 9.92. The Morgan fingerprint density at radius 3 is 3.00 bits per heavy atom. The molecule has 1 aromatic rings. The second-order valence-corrected chi connectivity index (χ2v) is 3.64. The van der Waals surface area contributed by atoms with E-state index in [9.17, 15) is 4.79 Å². The van der Waals surface area contributed by atoms with Gasteiger partial charge in [-0.1, -0.05) is 19.8 Å². The summed E-state index contributed by atoms with van der Waals surface area (Å²) >= 11 is 1.51. The summed E-state index contributed by atoms with van der Waals surface area (Å²) in [6, 6.07) is 1.78. The van der Waals surface area contributed by atoms with Gasteiger partial charge in [0.05, 0.1) is 12.2 Å². The summed E-state index contributed by atoms with van der Waals surface area (Å²) < 4.78 is 5.06. The average molecular weight is 198 g/mol. The van der Waals surface area contributed by atoms with Gasteiger partial charge in [-0.15, -0.1) is 0 Å². The van der Waals surface area contributed by atoms with Gasteiger partial charge < -0.3 is 4.74 Å². The van der Waals surface area contributed by atoms with E-state index in [-0.39, 0.29) is 5.97 Å². The quantitative estimate of drug-likeness (QED) is 0.537. The van der Waals surface area contributed by atoms with Crippen LogP contribution in [0, 0.1) is 0 Å². The molecule has 0 saturated heterocycles. The van der Waals surface area contributed by atoms with Gasteiger partial charge in [0, 0.05) is 5.38 Å². The van der Waals surface area contributed by atoms with Gasteiger partial charge in [-0.25, -0.2) is 4.79 Å². The standard InChI is InChI=1S/C10H14O2S/c1-2-3-4-6-12-10(11)9-5-7-13-8-9/h5,7-8H,2-4,6H2,1H3. The molecule has 0 unspecified atom stereocenters. The molecule has 0 saturated carbocycles. The number of hydrogen-bond acceptors (Lipinski definition) is 3. The van der Waals surface area contributed by atoms with Gasteiger partial charge in [-0.05, 0) is 17.9 Å². The first-order valence-corrected chi connectivity index (χ1v) is 5.48. The molecule has 0 aliphatic carbocycles. The monoisotopic (exact) mass is 198 g/mol. The van der Waals surface area contributed by atoms with Crippen LogP contribution < -0.4 is 0 Å². The van der Waals surface area contributed by atoms with Crippen molar-refractivity contribution >= 4 is 17.3 Å². The van der Waals surface area contributed by atoms with Crippen LogP contribution in [-0.2, 0) is 4.74 Å². The van der Waals surface area contributed by atoms with E-state index >= 15 is 0 Å². The van der Waals surface area contributed by atoms with E-state index < -0.39 is 0 Å². The Balaban J connectivity index is 2.19. The fourth-order valence-electron chi connectivity index (χ4n) is 0.981. The minimum Gasteiger partial charge on any atom is -0.462 e. The molecule has 0 aromatic carbocycles. The fourth-order valence-corrected chi connectivity index (χ4v) is 1.61. The predicted octanol–water partition coefficient (Wildman–Crippen LogP) is 3.10. The molecule has 0 spiro atoms. The maximum absolute atomic E-state index is 11.3. The first-order chi connectivity index (χ1) is 6.34. The van der Waals surface area contributed by atoms with Crippen molar-refractivity contribution in [2.75, 3.05) is 6.61 Å². The molecule has 0 atom stereocenters. The Labute approximate surface area is 82.5 Å². The molecule has 13 heavy (non-hydrogen) atoms. The maximum Gasteiger partial charge on any atom is 0.338 e. The Bertz CT molecular complexity index is 241. The number of carbonyl (C=O) groups is 1. The molecule has 72 valence electrons. The predicted molar refractivity (Wildman–Crippen MR) is 54.1 cm³/mol. The Kier molecular flexibility index (Phi) is 4.54. The van der Waals surface area contributed by atoms with Crippen LogP contribution in [0.25, 0.3) is 0 Å². The Morgan fingerprint density at radius 2 is 2.38 bits per heavy atom. The van der Waals surface area contributed by atoms with Crippen LogP contribution in [0.4, 0.5) is 0 Å². The summed E-state index contributed by atoms with van der Waals surface area (Å²) in [6.45, 7) is 2.67. The van der Waals surface area contributed by atoms with E-state index in [4.69, 9.17) is 4.74 Å². The molecular formula is C10H14O2S. The number of carbonyl (C=O) groups excluding carboxylic acids is 1. The third-order valence-electron chi connectivity index (χ3n) is 1.74. The molecule has 1 aromatic heterocycles. The van der Waals surface area contributed by atoms with Crippen molar-refractivity contribution in [3.05, 3.63) is 22.4 Å². The molecule has 0 aliphatic heterocycles. The lowest BCUT2D eigenvalue weighted by molar-refractivity contribution is 0.0499. The van der Waals surface area contributed by atoms with E-state index in [2.05, 4.69) is 6.92 Å². The Hall–Kier alpha value is -0.830. The molecule has 0 aliphatic rings. The fraction of sp³-hybridized carbons (Fsp3) is 0.500. The molecule has 0 amide bonds. The summed E-state index contributed by atoms with van der Waals surface area (Å²) in [5.41, 5.74) is 0.668. The zero-order valence-electron chi connectivity index (χ0n) is 7.79. The number of hydrogen-bond donors (Lipinski definition) is 0. The second-order valence-electron chi connectivity index (χ2n) is 2.86. The molecule has 2 nitrogen and oxygen atoms in total. The third kappa shape index (κ3) is 3.59. The van der Waals surface area contributed by atoms with Crippen molar-refractivity contribution in [1.29, 1.82) is 0 Å². The average Bonchev–Trinajstić information content (AvgIpc) is 2.65. The second kappa shape index (κ2) is 5.75. The van der Waals surface area contributed by atoms with Gasteiger partial charge in [0.1, 0.15) is 0 Å². The third-order valence-corrected chi connectivity index (χ3v) is 2.42. The lowest BCUT2D eigenvalue weighted by Crippen LogP contribution is -2.04. The molecule has 0 radical (unpaired) electrons. The van der Waals surface area contributed by atoms with Crippen molar-refractivity contribution in [3.8, 4) is 0 Å². The molecule has 1 heterocycles. The highest BCUT2D eigenvalue weighted by molar-refractivity contribution is 7.08. The number of esters is 1. The van der Waals surface area contributed by atoms with Crippen LogP contribution >= 0.6 is 11.3 Å².